The molecule has 2 aliphatic rings. The summed E-state index contributed by atoms with van der Waals surface area (Å²) in [5.74, 6) is 0.00446. The molecule has 6 nitrogen and oxygen atoms in total. The third-order valence-electron chi connectivity index (χ3n) is 5.66. The maximum Gasteiger partial charge on any atom is 0.262 e. The van der Waals surface area contributed by atoms with Gasteiger partial charge < -0.3 is 11.1 Å². The standard InChI is InChI=1S/C19H26N4O2S/c20-12-5-7-13(8-6-12)22-16(24)9-10-23-11-21-18-17(19(23)25)14-3-1-2-4-15(14)26-18/h11-13H,1-10,20H2,(H,22,24). The van der Waals surface area contributed by atoms with Gasteiger partial charge in [-0.1, -0.05) is 0 Å². The lowest BCUT2D eigenvalue weighted by atomic mass is 9.92. The quantitative estimate of drug-likeness (QED) is 0.858. The lowest BCUT2D eigenvalue weighted by molar-refractivity contribution is -0.122. The molecule has 7 heteroatoms. The Hall–Kier alpha value is -1.73. The van der Waals surface area contributed by atoms with Crippen molar-refractivity contribution in [3.8, 4) is 0 Å². The highest BCUT2D eigenvalue weighted by atomic mass is 32.1. The van der Waals surface area contributed by atoms with Gasteiger partial charge in [0.1, 0.15) is 4.83 Å². The molecule has 26 heavy (non-hydrogen) atoms. The van der Waals surface area contributed by atoms with E-state index in [9.17, 15) is 9.59 Å². The Balaban J connectivity index is 1.43. The van der Waals surface area contributed by atoms with Gasteiger partial charge in [-0.3, -0.25) is 14.2 Å². The summed E-state index contributed by atoms with van der Waals surface area (Å²) in [5.41, 5.74) is 7.11. The fraction of sp³-hybridized carbons (Fsp3) is 0.632. The smallest absolute Gasteiger partial charge is 0.262 e. The van der Waals surface area contributed by atoms with Gasteiger partial charge in [-0.2, -0.15) is 0 Å². The first-order valence-corrected chi connectivity index (χ1v) is 10.5. The number of thiophene rings is 1. The molecule has 140 valence electrons. The third-order valence-corrected chi connectivity index (χ3v) is 6.86. The SMILES string of the molecule is NC1CCC(NC(=O)CCn2cnc3sc4c(c3c2=O)CCCC4)CC1. The number of nitrogens with zero attached hydrogens (tertiary/aromatic N) is 2. The second-order valence-electron chi connectivity index (χ2n) is 7.56. The number of carbonyl (C=O) groups is 1. The van der Waals surface area contributed by atoms with Gasteiger partial charge in [-0.05, 0) is 56.9 Å². The van der Waals surface area contributed by atoms with Gasteiger partial charge in [0.25, 0.3) is 5.56 Å². The third kappa shape index (κ3) is 3.55. The number of aryl methyl sites for hydroxylation is 3. The van der Waals surface area contributed by atoms with E-state index in [2.05, 4.69) is 10.3 Å². The van der Waals surface area contributed by atoms with Crippen molar-refractivity contribution in [2.45, 2.75) is 76.4 Å². The topological polar surface area (TPSA) is 90.0 Å². The second kappa shape index (κ2) is 7.48. The maximum absolute atomic E-state index is 12.9. The summed E-state index contributed by atoms with van der Waals surface area (Å²) < 4.78 is 1.60. The zero-order valence-electron chi connectivity index (χ0n) is 15.0. The van der Waals surface area contributed by atoms with Crippen LogP contribution >= 0.6 is 11.3 Å². The molecule has 0 spiro atoms. The highest BCUT2D eigenvalue weighted by Gasteiger charge is 2.21. The molecule has 4 rings (SSSR count). The highest BCUT2D eigenvalue weighted by Crippen LogP contribution is 2.33. The van der Waals surface area contributed by atoms with Crippen LogP contribution < -0.4 is 16.6 Å². The van der Waals surface area contributed by atoms with Crippen molar-refractivity contribution in [1.29, 1.82) is 0 Å². The van der Waals surface area contributed by atoms with Crippen LogP contribution in [0, 0.1) is 0 Å². The van der Waals surface area contributed by atoms with Crippen molar-refractivity contribution in [1.82, 2.24) is 14.9 Å². The number of nitrogens with one attached hydrogen (secondary N) is 1. The van der Waals surface area contributed by atoms with Crippen molar-refractivity contribution in [3.63, 3.8) is 0 Å². The van der Waals surface area contributed by atoms with Crippen LogP contribution in [0.15, 0.2) is 11.1 Å². The Morgan fingerprint density at radius 3 is 2.85 bits per heavy atom. The average Bonchev–Trinajstić information content (AvgIpc) is 3.02. The fourth-order valence-electron chi connectivity index (χ4n) is 4.13. The molecule has 1 saturated carbocycles. The van der Waals surface area contributed by atoms with Crippen molar-refractivity contribution in [2.24, 2.45) is 5.73 Å². The predicted octanol–water partition coefficient (Wildman–Crippen LogP) is 2.11. The van der Waals surface area contributed by atoms with E-state index in [1.54, 1.807) is 22.2 Å². The molecule has 2 aliphatic carbocycles. The van der Waals surface area contributed by atoms with Crippen LogP contribution in [-0.2, 0) is 24.2 Å². The molecule has 0 saturated heterocycles. The van der Waals surface area contributed by atoms with Crippen LogP contribution in [0.2, 0.25) is 0 Å². The number of hydrogen-bond donors (Lipinski definition) is 2. The predicted molar refractivity (Wildman–Crippen MR) is 104 cm³/mol. The zero-order valence-corrected chi connectivity index (χ0v) is 15.8. The minimum absolute atomic E-state index is 0.00446. The Morgan fingerprint density at radius 1 is 1.27 bits per heavy atom. The number of fused-ring (bicyclic) bond motifs is 3. The molecule has 2 aromatic rings. The Morgan fingerprint density at radius 2 is 2.04 bits per heavy atom. The number of carbonyl (C=O) groups excluding carboxylic acids is 1. The second-order valence-corrected chi connectivity index (χ2v) is 8.65. The van der Waals surface area contributed by atoms with Crippen molar-refractivity contribution in [2.75, 3.05) is 0 Å². The van der Waals surface area contributed by atoms with Gasteiger partial charge in [0, 0.05) is 29.9 Å². The first-order valence-electron chi connectivity index (χ1n) is 9.66. The lowest BCUT2D eigenvalue weighted by Crippen LogP contribution is -2.40. The number of rotatable bonds is 4. The summed E-state index contributed by atoms with van der Waals surface area (Å²) in [6.07, 6.45) is 10.1. The number of nitrogens with two attached hydrogens (primary N) is 1. The molecule has 2 heterocycles. The van der Waals surface area contributed by atoms with E-state index in [1.165, 1.54) is 16.9 Å². The molecular formula is C19H26N4O2S. The van der Waals surface area contributed by atoms with Crippen molar-refractivity contribution >= 4 is 27.5 Å². The molecule has 0 aliphatic heterocycles. The highest BCUT2D eigenvalue weighted by molar-refractivity contribution is 7.18. The molecule has 0 radical (unpaired) electrons. The van der Waals surface area contributed by atoms with E-state index >= 15 is 0 Å². The van der Waals surface area contributed by atoms with Gasteiger partial charge in [0.05, 0.1) is 11.7 Å². The van der Waals surface area contributed by atoms with Gasteiger partial charge in [-0.15, -0.1) is 11.3 Å². The number of aromatic nitrogens is 2. The molecule has 1 amide bonds. The van der Waals surface area contributed by atoms with Gasteiger partial charge in [0.15, 0.2) is 0 Å². The molecule has 0 aromatic carbocycles. The van der Waals surface area contributed by atoms with E-state index in [0.717, 1.165) is 55.2 Å². The summed E-state index contributed by atoms with van der Waals surface area (Å²) in [4.78, 5) is 31.8. The number of hydrogen-bond acceptors (Lipinski definition) is 5. The molecule has 0 atom stereocenters. The molecule has 0 bridgehead atoms. The van der Waals surface area contributed by atoms with Crippen LogP contribution in [-0.4, -0.2) is 27.5 Å². The van der Waals surface area contributed by atoms with E-state index in [4.69, 9.17) is 5.73 Å². The summed E-state index contributed by atoms with van der Waals surface area (Å²) in [5, 5.41) is 3.87. The molecule has 2 aromatic heterocycles. The normalized spacial score (nSPS) is 23.0. The van der Waals surface area contributed by atoms with Crippen LogP contribution in [0.25, 0.3) is 10.2 Å². The van der Waals surface area contributed by atoms with E-state index < -0.39 is 0 Å². The van der Waals surface area contributed by atoms with E-state index in [0.29, 0.717) is 13.0 Å². The largest absolute Gasteiger partial charge is 0.353 e. The van der Waals surface area contributed by atoms with Gasteiger partial charge in [-0.25, -0.2) is 4.98 Å². The molecular weight excluding hydrogens is 348 g/mol. The fourth-order valence-corrected chi connectivity index (χ4v) is 5.35. The van der Waals surface area contributed by atoms with E-state index in [-0.39, 0.29) is 23.6 Å². The van der Waals surface area contributed by atoms with Crippen molar-refractivity contribution in [3.05, 3.63) is 27.1 Å². The van der Waals surface area contributed by atoms with Crippen LogP contribution in [0.1, 0.15) is 55.4 Å². The summed E-state index contributed by atoms with van der Waals surface area (Å²) >= 11 is 1.66. The van der Waals surface area contributed by atoms with Gasteiger partial charge >= 0.3 is 0 Å². The van der Waals surface area contributed by atoms with Gasteiger partial charge in [0.2, 0.25) is 5.91 Å². The Bertz CT molecular complexity index is 864. The van der Waals surface area contributed by atoms with Crippen LogP contribution in [0.3, 0.4) is 0 Å². The average molecular weight is 375 g/mol. The van der Waals surface area contributed by atoms with Crippen molar-refractivity contribution < 1.29 is 4.79 Å². The van der Waals surface area contributed by atoms with E-state index in [1.807, 2.05) is 0 Å². The Kier molecular flexibility index (Phi) is 5.09. The Labute approximate surface area is 156 Å². The number of amides is 1. The van der Waals surface area contributed by atoms with Crippen LogP contribution in [0.5, 0.6) is 0 Å². The summed E-state index contributed by atoms with van der Waals surface area (Å²) in [7, 11) is 0. The minimum atomic E-state index is 0.00446. The minimum Gasteiger partial charge on any atom is -0.353 e. The first-order chi connectivity index (χ1) is 12.6. The summed E-state index contributed by atoms with van der Waals surface area (Å²) in [6, 6.07) is 0.500. The maximum atomic E-state index is 12.9. The van der Waals surface area contributed by atoms with Crippen LogP contribution in [0.4, 0.5) is 0 Å². The molecule has 3 N–H and O–H groups in total. The lowest BCUT2D eigenvalue weighted by Gasteiger charge is -2.26. The zero-order chi connectivity index (χ0) is 18.1. The summed E-state index contributed by atoms with van der Waals surface area (Å²) in [6.45, 7) is 0.379. The first kappa shape index (κ1) is 17.7. The monoisotopic (exact) mass is 374 g/mol. The molecule has 0 unspecified atom stereocenters. The molecule has 1 fully saturated rings.